The molecule has 98 valence electrons. The van der Waals surface area contributed by atoms with Gasteiger partial charge in [-0.3, -0.25) is 0 Å². The van der Waals surface area contributed by atoms with E-state index in [2.05, 4.69) is 11.4 Å². The number of nitrogens with one attached hydrogen (secondary N) is 1. The van der Waals surface area contributed by atoms with Crippen molar-refractivity contribution in [3.8, 4) is 6.07 Å². The second-order valence-electron chi connectivity index (χ2n) is 4.95. The summed E-state index contributed by atoms with van der Waals surface area (Å²) in [5, 5.41) is 11.9. The molecule has 0 aromatic heterocycles. The van der Waals surface area contributed by atoms with Gasteiger partial charge < -0.3 is 5.32 Å². The second-order valence-corrected chi connectivity index (χ2v) is 7.60. The predicted molar refractivity (Wildman–Crippen MR) is 71.8 cm³/mol. The van der Waals surface area contributed by atoms with Crippen LogP contribution in [-0.4, -0.2) is 26.0 Å². The smallest absolute Gasteiger partial charge is 0.153 e. The van der Waals surface area contributed by atoms with Crippen LogP contribution in [0.3, 0.4) is 0 Å². The van der Waals surface area contributed by atoms with Crippen molar-refractivity contribution < 1.29 is 8.42 Å². The maximum atomic E-state index is 11.5. The Kier molecular flexibility index (Phi) is 4.49. The highest BCUT2D eigenvalue weighted by Gasteiger charge is 2.29. The van der Waals surface area contributed by atoms with Gasteiger partial charge in [-0.15, -0.1) is 0 Å². The van der Waals surface area contributed by atoms with Crippen LogP contribution in [-0.2, 0) is 16.4 Å². The Bertz CT molecular complexity index is 557. The fraction of sp³-hybridized carbons (Fsp3) is 0.462. The maximum Gasteiger partial charge on any atom is 0.153 e. The minimum absolute atomic E-state index is 0.378. The van der Waals surface area contributed by atoms with E-state index in [9.17, 15) is 8.42 Å². The van der Waals surface area contributed by atoms with E-state index in [1.54, 1.807) is 26.0 Å². The van der Waals surface area contributed by atoms with E-state index in [1.807, 2.05) is 12.1 Å². The van der Waals surface area contributed by atoms with E-state index in [4.69, 9.17) is 5.26 Å². The van der Waals surface area contributed by atoms with Gasteiger partial charge in [-0.05, 0) is 31.5 Å². The lowest BCUT2D eigenvalue weighted by Crippen LogP contribution is -2.41. The molecule has 0 unspecified atom stereocenters. The molecule has 0 radical (unpaired) electrons. The van der Waals surface area contributed by atoms with Crippen LogP contribution in [0.1, 0.15) is 25.0 Å². The average molecular weight is 266 g/mol. The topological polar surface area (TPSA) is 70.0 Å². The van der Waals surface area contributed by atoms with Crippen LogP contribution < -0.4 is 5.32 Å². The Balaban J connectivity index is 2.60. The van der Waals surface area contributed by atoms with Crippen LogP contribution >= 0.6 is 0 Å². The summed E-state index contributed by atoms with van der Waals surface area (Å²) in [5.41, 5.74) is 1.58. The second kappa shape index (κ2) is 5.51. The third kappa shape index (κ3) is 3.83. The van der Waals surface area contributed by atoms with E-state index >= 15 is 0 Å². The summed E-state index contributed by atoms with van der Waals surface area (Å²) in [6, 6.07) is 9.33. The molecule has 1 aromatic carbocycles. The molecule has 0 aliphatic heterocycles. The van der Waals surface area contributed by atoms with Crippen LogP contribution in [0.25, 0.3) is 0 Å². The Morgan fingerprint density at radius 1 is 1.39 bits per heavy atom. The van der Waals surface area contributed by atoms with Crippen LogP contribution in [0, 0.1) is 11.3 Å². The van der Waals surface area contributed by atoms with Gasteiger partial charge in [-0.2, -0.15) is 5.26 Å². The highest BCUT2D eigenvalue weighted by atomic mass is 32.2. The van der Waals surface area contributed by atoms with Gasteiger partial charge in [-0.25, -0.2) is 8.42 Å². The first-order valence-electron chi connectivity index (χ1n) is 5.65. The van der Waals surface area contributed by atoms with Crippen LogP contribution in [0.5, 0.6) is 0 Å². The monoisotopic (exact) mass is 266 g/mol. The fourth-order valence-corrected chi connectivity index (χ4v) is 1.75. The highest BCUT2D eigenvalue weighted by molar-refractivity contribution is 7.92. The number of sulfone groups is 1. The van der Waals surface area contributed by atoms with E-state index in [0.717, 1.165) is 5.56 Å². The molecule has 1 aromatic rings. The molecular formula is C13H18N2O2S. The van der Waals surface area contributed by atoms with Gasteiger partial charge >= 0.3 is 0 Å². The van der Waals surface area contributed by atoms with E-state index in [0.29, 0.717) is 18.7 Å². The zero-order chi connectivity index (χ0) is 13.8. The summed E-state index contributed by atoms with van der Waals surface area (Å²) in [5.74, 6) is 0. The molecule has 1 rings (SSSR count). The molecule has 0 aliphatic rings. The largest absolute Gasteiger partial charge is 0.311 e. The summed E-state index contributed by atoms with van der Waals surface area (Å²) in [6.45, 7) is 4.32. The van der Waals surface area contributed by atoms with Crippen molar-refractivity contribution >= 4 is 9.84 Å². The summed E-state index contributed by atoms with van der Waals surface area (Å²) in [7, 11) is -3.08. The SMILES string of the molecule is CC(C)(CNCc1cccc(C#N)c1)S(C)(=O)=O. The molecule has 5 heteroatoms. The lowest BCUT2D eigenvalue weighted by atomic mass is 10.1. The minimum Gasteiger partial charge on any atom is -0.311 e. The molecule has 0 aliphatic carbocycles. The first kappa shape index (κ1) is 14.7. The van der Waals surface area contributed by atoms with Crippen molar-refractivity contribution in [3.05, 3.63) is 35.4 Å². The Morgan fingerprint density at radius 3 is 2.61 bits per heavy atom. The molecule has 0 atom stereocenters. The Hall–Kier alpha value is -1.38. The maximum absolute atomic E-state index is 11.5. The number of nitriles is 1. The summed E-state index contributed by atoms with van der Waals surface area (Å²) < 4.78 is 22.2. The van der Waals surface area contributed by atoms with Gasteiger partial charge in [0.05, 0.1) is 16.4 Å². The Labute approximate surface area is 109 Å². The number of hydrogen-bond donors (Lipinski definition) is 1. The van der Waals surface area contributed by atoms with Gasteiger partial charge in [0.15, 0.2) is 9.84 Å². The zero-order valence-electron chi connectivity index (χ0n) is 10.9. The fourth-order valence-electron chi connectivity index (χ4n) is 1.39. The van der Waals surface area contributed by atoms with Gasteiger partial charge in [0, 0.05) is 19.3 Å². The molecular weight excluding hydrogens is 248 g/mol. The molecule has 0 saturated carbocycles. The molecule has 18 heavy (non-hydrogen) atoms. The van der Waals surface area contributed by atoms with Crippen molar-refractivity contribution in [2.24, 2.45) is 0 Å². The van der Waals surface area contributed by atoms with Crippen LogP contribution in [0.4, 0.5) is 0 Å². The van der Waals surface area contributed by atoms with Gasteiger partial charge in [-0.1, -0.05) is 12.1 Å². The molecule has 0 saturated heterocycles. The van der Waals surface area contributed by atoms with Gasteiger partial charge in [0.2, 0.25) is 0 Å². The average Bonchev–Trinajstić information content (AvgIpc) is 2.27. The van der Waals surface area contributed by atoms with Crippen molar-refractivity contribution in [2.75, 3.05) is 12.8 Å². The number of nitrogens with zero attached hydrogens (tertiary/aromatic N) is 1. The molecule has 0 heterocycles. The van der Waals surface area contributed by atoms with E-state index in [1.165, 1.54) is 6.26 Å². The zero-order valence-corrected chi connectivity index (χ0v) is 11.7. The molecule has 0 spiro atoms. The van der Waals surface area contributed by atoms with Crippen molar-refractivity contribution in [3.63, 3.8) is 0 Å². The predicted octanol–water partition coefficient (Wildman–Crippen LogP) is 1.47. The summed E-state index contributed by atoms with van der Waals surface area (Å²) in [4.78, 5) is 0. The van der Waals surface area contributed by atoms with E-state index in [-0.39, 0.29) is 0 Å². The van der Waals surface area contributed by atoms with Gasteiger partial charge in [0.1, 0.15) is 0 Å². The first-order chi connectivity index (χ1) is 8.26. The third-order valence-corrected chi connectivity index (χ3v) is 5.09. The molecule has 0 amide bonds. The first-order valence-corrected chi connectivity index (χ1v) is 7.55. The molecule has 0 fully saturated rings. The normalized spacial score (nSPS) is 12.1. The van der Waals surface area contributed by atoms with Crippen LogP contribution in [0.2, 0.25) is 0 Å². The van der Waals surface area contributed by atoms with Crippen molar-refractivity contribution in [1.29, 1.82) is 5.26 Å². The van der Waals surface area contributed by atoms with Crippen molar-refractivity contribution in [1.82, 2.24) is 5.32 Å². The highest BCUT2D eigenvalue weighted by Crippen LogP contribution is 2.13. The minimum atomic E-state index is -3.08. The summed E-state index contributed by atoms with van der Waals surface area (Å²) in [6.07, 6.45) is 1.24. The molecule has 4 nitrogen and oxygen atoms in total. The van der Waals surface area contributed by atoms with Crippen molar-refractivity contribution in [2.45, 2.75) is 25.1 Å². The number of benzene rings is 1. The lowest BCUT2D eigenvalue weighted by molar-refractivity contribution is 0.521. The standard InChI is InChI=1S/C13H18N2O2S/c1-13(2,18(3,16)17)10-15-9-12-6-4-5-11(7-12)8-14/h4-7,15H,9-10H2,1-3H3. The van der Waals surface area contributed by atoms with E-state index < -0.39 is 14.6 Å². The van der Waals surface area contributed by atoms with Gasteiger partial charge in [0.25, 0.3) is 0 Å². The summed E-state index contributed by atoms with van der Waals surface area (Å²) >= 11 is 0. The van der Waals surface area contributed by atoms with Crippen LogP contribution in [0.15, 0.2) is 24.3 Å². The quantitative estimate of drug-likeness (QED) is 0.876. The number of rotatable bonds is 5. The Morgan fingerprint density at radius 2 is 2.06 bits per heavy atom. The number of hydrogen-bond acceptors (Lipinski definition) is 4. The third-order valence-electron chi connectivity index (χ3n) is 2.94. The lowest BCUT2D eigenvalue weighted by Gasteiger charge is -2.22. The molecule has 1 N–H and O–H groups in total. The molecule has 0 bridgehead atoms.